The van der Waals surface area contributed by atoms with Crippen molar-refractivity contribution in [2.45, 2.75) is 132 Å². The first-order chi connectivity index (χ1) is 26.6. The van der Waals surface area contributed by atoms with Crippen molar-refractivity contribution in [2.75, 3.05) is 45.0 Å². The van der Waals surface area contributed by atoms with E-state index < -0.39 is 0 Å². The van der Waals surface area contributed by atoms with Crippen molar-refractivity contribution in [3.8, 4) is 5.75 Å². The van der Waals surface area contributed by atoms with Gasteiger partial charge >= 0.3 is 6.09 Å². The number of hydrogen-bond donors (Lipinski definition) is 5. The Morgan fingerprint density at radius 1 is 0.542 bits per heavy atom. The molecule has 0 unspecified atom stereocenters. The van der Waals surface area contributed by atoms with Crippen molar-refractivity contribution < 1.29 is 28.6 Å². The van der Waals surface area contributed by atoms with E-state index in [9.17, 15) is 14.4 Å². The number of carbonyl (C=O) groups is 3. The summed E-state index contributed by atoms with van der Waals surface area (Å²) in [5.74, 6) is 0.599. The number of amides is 3. The van der Waals surface area contributed by atoms with Gasteiger partial charge in [-0.3, -0.25) is 9.59 Å². The van der Waals surface area contributed by atoms with Crippen LogP contribution in [0.1, 0.15) is 151 Å². The van der Waals surface area contributed by atoms with Gasteiger partial charge in [0.2, 0.25) is 0 Å². The summed E-state index contributed by atoms with van der Waals surface area (Å²) in [5.41, 5.74) is 5.23. The van der Waals surface area contributed by atoms with E-state index in [4.69, 9.17) is 9.47 Å². The summed E-state index contributed by atoms with van der Waals surface area (Å²) < 4.78 is 14.5. The van der Waals surface area contributed by atoms with E-state index in [1.165, 1.54) is 30.4 Å². The van der Waals surface area contributed by atoms with Crippen LogP contribution in [0.3, 0.4) is 0 Å². The molecule has 342 valence electrons. The summed E-state index contributed by atoms with van der Waals surface area (Å²) in [6.07, 6.45) is 7.09. The van der Waals surface area contributed by atoms with Crippen LogP contribution in [0.4, 0.5) is 10.5 Å². The van der Waals surface area contributed by atoms with Crippen LogP contribution in [0, 0.1) is 0 Å². The van der Waals surface area contributed by atoms with Crippen LogP contribution in [0.5, 0.6) is 5.75 Å². The van der Waals surface area contributed by atoms with E-state index in [-0.39, 0.29) is 61.8 Å². The van der Waals surface area contributed by atoms with Gasteiger partial charge in [-0.05, 0) is 67.3 Å². The third kappa shape index (κ3) is 29.8. The number of anilines is 1. The second-order valence-electron chi connectivity index (χ2n) is 9.84. The molecule has 0 radical (unpaired) electrons. The summed E-state index contributed by atoms with van der Waals surface area (Å²) in [7, 11) is 0. The first kappa shape index (κ1) is 68.6. The average molecular weight is 832 g/mol. The number of para-hydroxylation sites is 2. The predicted molar refractivity (Wildman–Crippen MR) is 258 cm³/mol. The van der Waals surface area contributed by atoms with Crippen LogP contribution < -0.4 is 31.3 Å². The lowest BCUT2D eigenvalue weighted by molar-refractivity contribution is 0.0882. The number of ether oxygens (including phenoxy) is 3. The molecule has 8 rings (SSSR count). The second-order valence-corrected chi connectivity index (χ2v) is 9.84. The number of hydrogen-bond acceptors (Lipinski definition) is 8. The van der Waals surface area contributed by atoms with Crippen LogP contribution in [0.15, 0.2) is 85.1 Å². The molecule has 1 fully saturated rings. The summed E-state index contributed by atoms with van der Waals surface area (Å²) in [6, 6.07) is 23.3. The molecule has 11 heteroatoms. The highest BCUT2D eigenvalue weighted by Gasteiger charge is 2.16. The Labute approximate surface area is 362 Å². The predicted octanol–water partition coefficient (Wildman–Crippen LogP) is 12.2. The van der Waals surface area contributed by atoms with E-state index in [0.29, 0.717) is 31.1 Å². The number of allylic oxidation sites excluding steroid dienone is 1. The Bertz CT molecular complexity index is 1320. The molecular weight excluding hydrogens is 743 g/mol. The third-order valence-corrected chi connectivity index (χ3v) is 6.73. The minimum Gasteiger partial charge on any atom is -0.502 e. The van der Waals surface area contributed by atoms with Gasteiger partial charge in [-0.15, -0.1) is 0 Å². The molecule has 1 saturated heterocycles. The van der Waals surface area contributed by atoms with Crippen molar-refractivity contribution in [1.82, 2.24) is 21.3 Å². The molecule has 5 aliphatic rings. The van der Waals surface area contributed by atoms with E-state index in [0.717, 1.165) is 30.9 Å². The monoisotopic (exact) mass is 832 g/mol. The van der Waals surface area contributed by atoms with Crippen molar-refractivity contribution in [3.05, 3.63) is 107 Å². The summed E-state index contributed by atoms with van der Waals surface area (Å²) in [6.45, 7) is 25.1. The second kappa shape index (κ2) is 49.1. The molecule has 5 aliphatic heterocycles. The molecule has 0 aromatic heterocycles. The molecule has 11 nitrogen and oxygen atoms in total. The Morgan fingerprint density at radius 3 is 1.56 bits per heavy atom. The third-order valence-electron chi connectivity index (χ3n) is 6.73. The van der Waals surface area contributed by atoms with Crippen molar-refractivity contribution in [3.63, 3.8) is 0 Å². The average Bonchev–Trinajstić information content (AvgIpc) is 3.77. The zero-order chi connectivity index (χ0) is 40.8. The maximum Gasteiger partial charge on any atom is 0.407 e. The normalized spacial score (nSPS) is 12.8. The van der Waals surface area contributed by atoms with Crippen LogP contribution in [0.25, 0.3) is 0 Å². The van der Waals surface area contributed by atoms with E-state index in [1.54, 1.807) is 24.5 Å². The quantitative estimate of drug-likeness (QED) is 0.151. The zero-order valence-corrected chi connectivity index (χ0v) is 34.6. The van der Waals surface area contributed by atoms with E-state index in [2.05, 4.69) is 55.6 Å². The minimum atomic E-state index is -0.296. The van der Waals surface area contributed by atoms with Crippen molar-refractivity contribution in [2.24, 2.45) is 0 Å². The highest BCUT2D eigenvalue weighted by molar-refractivity contribution is 6.01. The van der Waals surface area contributed by atoms with Crippen LogP contribution >= 0.6 is 0 Å². The number of alkyl carbamates (subject to hydrolysis) is 1. The van der Waals surface area contributed by atoms with Gasteiger partial charge in [-0.2, -0.15) is 0 Å². The van der Waals surface area contributed by atoms with E-state index in [1.807, 2.05) is 106 Å². The number of nitrogens with one attached hydrogen (secondary N) is 5. The molecule has 5 N–H and O–H groups in total. The molecule has 3 aromatic carbocycles. The molecule has 3 aromatic rings. The molecule has 5 heterocycles. The molecule has 0 bridgehead atoms. The van der Waals surface area contributed by atoms with Gasteiger partial charge in [0, 0.05) is 12.2 Å². The molecular formula is C48H89N5O6. The summed E-state index contributed by atoms with van der Waals surface area (Å²) in [5, 5.41) is 14.1. The van der Waals surface area contributed by atoms with Crippen LogP contribution in [-0.4, -0.2) is 57.6 Å². The van der Waals surface area contributed by atoms with Crippen molar-refractivity contribution in [1.29, 1.82) is 0 Å². The number of cyclic esters (lactones) is 1. The Kier molecular flexibility index (Phi) is 57.1. The van der Waals surface area contributed by atoms with Crippen molar-refractivity contribution >= 4 is 23.6 Å². The minimum absolute atomic E-state index is 0. The standard InChI is InChI=1S/C9H11N.C8H8N2O.C8H7NO2.C5H8O.C3H5NO2.5C2H6.5CH4/c1-2-4-9-7-10-6-5-8(9)3-1;11-8-6-3-1-2-4-7(6)9-5-10-8;10-8-6-3-1-2-4-7(6)11-5-9-8;1-2-4-6-5-3-1;5-3-4-1-2-6-3;5*1-2;;;;;/h1-4,10H,5-7H2;1-4,9H,5H2,(H,10,11);1-4H,5H2,(H,9,10);2,4H,1,3,5H2;1-2H2,(H,4,5);5*1-2H3;5*1H4. The van der Waals surface area contributed by atoms with Gasteiger partial charge in [0.1, 0.15) is 12.4 Å². The highest BCUT2D eigenvalue weighted by Crippen LogP contribution is 2.19. The van der Waals surface area contributed by atoms with Gasteiger partial charge in [0.15, 0.2) is 6.73 Å². The fourth-order valence-electron chi connectivity index (χ4n) is 4.46. The highest BCUT2D eigenvalue weighted by atomic mass is 16.6. The molecule has 3 amide bonds. The molecule has 0 saturated carbocycles. The summed E-state index contributed by atoms with van der Waals surface area (Å²) in [4.78, 5) is 32.1. The van der Waals surface area contributed by atoms with Crippen LogP contribution in [-0.2, 0) is 22.4 Å². The van der Waals surface area contributed by atoms with Gasteiger partial charge in [-0.25, -0.2) is 4.79 Å². The number of rotatable bonds is 0. The Balaban J connectivity index is -0.000000108. The Morgan fingerprint density at radius 2 is 1.10 bits per heavy atom. The summed E-state index contributed by atoms with van der Waals surface area (Å²) >= 11 is 0. The van der Waals surface area contributed by atoms with E-state index >= 15 is 0 Å². The number of carbonyl (C=O) groups excluding carboxylic acids is 3. The molecule has 59 heavy (non-hydrogen) atoms. The SMILES string of the molecule is C.C.C.C.C.C1=COCCC1.CC.CC.CC.CC.CC.O=C1NCCO1.O=C1NCNc2ccccc21.O=C1NCOc2ccccc21.c1ccc2c(c1)CCNC2. The first-order valence-electron chi connectivity index (χ1n) is 19.7. The van der Waals surface area contributed by atoms with Gasteiger partial charge in [-0.1, -0.05) is 155 Å². The lowest BCUT2D eigenvalue weighted by atomic mass is 10.0. The number of benzene rings is 3. The maximum absolute atomic E-state index is 11.1. The van der Waals surface area contributed by atoms with Gasteiger partial charge < -0.3 is 40.8 Å². The zero-order valence-electron chi connectivity index (χ0n) is 34.6. The maximum atomic E-state index is 11.1. The van der Waals surface area contributed by atoms with Crippen LogP contribution in [0.2, 0.25) is 0 Å². The lowest BCUT2D eigenvalue weighted by Crippen LogP contribution is -2.34. The van der Waals surface area contributed by atoms with Gasteiger partial charge in [0.05, 0.1) is 37.2 Å². The fourth-order valence-corrected chi connectivity index (χ4v) is 4.46. The topological polar surface area (TPSA) is 139 Å². The molecule has 0 spiro atoms. The number of fused-ring (bicyclic) bond motifs is 3. The fraction of sp³-hybridized carbons (Fsp3) is 0.521. The smallest absolute Gasteiger partial charge is 0.407 e. The largest absolute Gasteiger partial charge is 0.502 e. The first-order valence-corrected chi connectivity index (χ1v) is 19.7. The molecule has 0 atom stereocenters. The Hall–Kier alpha value is -5.03. The van der Waals surface area contributed by atoms with Gasteiger partial charge in [0.25, 0.3) is 11.8 Å². The lowest BCUT2D eigenvalue weighted by Gasteiger charge is -2.17. The molecule has 0 aliphatic carbocycles.